The number of anilines is 1. The number of methoxy groups -OCH3 is 1. The zero-order chi connectivity index (χ0) is 14.4. The number of nitrogen functional groups attached to an aromatic ring is 1. The minimum atomic E-state index is 0.422. The third kappa shape index (κ3) is 3.57. The van der Waals surface area contributed by atoms with E-state index in [0.717, 1.165) is 5.56 Å². The number of rotatable bonds is 6. The molecule has 0 saturated heterocycles. The molecule has 0 bridgehead atoms. The van der Waals surface area contributed by atoms with Crippen LogP contribution < -0.4 is 19.9 Å². The molecule has 4 nitrogen and oxygen atoms in total. The van der Waals surface area contributed by atoms with Crippen LogP contribution in [0.15, 0.2) is 42.5 Å². The van der Waals surface area contributed by atoms with Crippen molar-refractivity contribution < 1.29 is 14.2 Å². The first kappa shape index (κ1) is 14.1. The molecule has 0 amide bonds. The minimum absolute atomic E-state index is 0.422. The van der Waals surface area contributed by atoms with E-state index in [1.165, 1.54) is 0 Å². The van der Waals surface area contributed by atoms with Crippen molar-refractivity contribution in [3.63, 3.8) is 0 Å². The van der Waals surface area contributed by atoms with E-state index in [4.69, 9.17) is 19.9 Å². The van der Waals surface area contributed by atoms with Crippen molar-refractivity contribution >= 4 is 5.69 Å². The van der Waals surface area contributed by atoms with Crippen LogP contribution in [0.5, 0.6) is 17.2 Å². The molecule has 0 spiro atoms. The van der Waals surface area contributed by atoms with Gasteiger partial charge in [0, 0.05) is 0 Å². The number of aryl methyl sites for hydroxylation is 1. The Bertz CT molecular complexity index is 569. The highest BCUT2D eigenvalue weighted by molar-refractivity contribution is 5.54. The maximum Gasteiger partial charge on any atom is 0.161 e. The molecule has 0 aliphatic rings. The van der Waals surface area contributed by atoms with Crippen molar-refractivity contribution in [1.82, 2.24) is 0 Å². The van der Waals surface area contributed by atoms with E-state index in [1.807, 2.05) is 49.4 Å². The monoisotopic (exact) mass is 273 g/mol. The smallest absolute Gasteiger partial charge is 0.161 e. The van der Waals surface area contributed by atoms with Gasteiger partial charge < -0.3 is 19.9 Å². The Morgan fingerprint density at radius 3 is 2.20 bits per heavy atom. The van der Waals surface area contributed by atoms with E-state index in [9.17, 15) is 0 Å². The molecular weight excluding hydrogens is 254 g/mol. The van der Waals surface area contributed by atoms with Gasteiger partial charge in [-0.3, -0.25) is 0 Å². The molecule has 0 aliphatic heterocycles. The molecule has 0 saturated carbocycles. The number of hydrogen-bond donors (Lipinski definition) is 1. The average molecular weight is 273 g/mol. The van der Waals surface area contributed by atoms with Crippen LogP contribution in [0.4, 0.5) is 5.69 Å². The molecule has 2 aromatic carbocycles. The summed E-state index contributed by atoms with van der Waals surface area (Å²) in [5.74, 6) is 2.09. The summed E-state index contributed by atoms with van der Waals surface area (Å²) >= 11 is 0. The minimum Gasteiger partial charge on any atom is -0.493 e. The highest BCUT2D eigenvalue weighted by Gasteiger charge is 2.03. The summed E-state index contributed by atoms with van der Waals surface area (Å²) in [6.45, 7) is 2.84. The predicted octanol–water partition coefficient (Wildman–Crippen LogP) is 3.04. The van der Waals surface area contributed by atoms with Gasteiger partial charge in [-0.25, -0.2) is 0 Å². The molecule has 20 heavy (non-hydrogen) atoms. The quantitative estimate of drug-likeness (QED) is 0.649. The van der Waals surface area contributed by atoms with Crippen molar-refractivity contribution in [2.75, 3.05) is 26.1 Å². The molecule has 0 heterocycles. The molecule has 106 valence electrons. The normalized spacial score (nSPS) is 10.1. The Morgan fingerprint density at radius 2 is 1.55 bits per heavy atom. The van der Waals surface area contributed by atoms with E-state index >= 15 is 0 Å². The van der Waals surface area contributed by atoms with Gasteiger partial charge in [-0.05, 0) is 36.8 Å². The summed E-state index contributed by atoms with van der Waals surface area (Å²) in [6.07, 6.45) is 0. The molecule has 0 aromatic heterocycles. The van der Waals surface area contributed by atoms with E-state index in [1.54, 1.807) is 7.11 Å². The Labute approximate surface area is 119 Å². The molecule has 2 N–H and O–H groups in total. The highest BCUT2D eigenvalue weighted by Crippen LogP contribution is 2.26. The Balaban J connectivity index is 1.84. The number of nitrogens with two attached hydrogens (primary N) is 1. The van der Waals surface area contributed by atoms with Gasteiger partial charge in [0.05, 0.1) is 12.8 Å². The molecule has 0 aliphatic carbocycles. The molecule has 2 rings (SSSR count). The van der Waals surface area contributed by atoms with Crippen molar-refractivity contribution in [1.29, 1.82) is 0 Å². The SMILES string of the molecule is COc1ccccc1OCCOc1ccc(C)cc1N. The fraction of sp³-hybridized carbons (Fsp3) is 0.250. The van der Waals surface area contributed by atoms with Crippen molar-refractivity contribution in [3.8, 4) is 17.2 Å². The van der Waals surface area contributed by atoms with Gasteiger partial charge in [0.2, 0.25) is 0 Å². The molecule has 0 radical (unpaired) electrons. The first-order valence-corrected chi connectivity index (χ1v) is 6.45. The number of para-hydroxylation sites is 2. The van der Waals surface area contributed by atoms with Gasteiger partial charge in [-0.1, -0.05) is 18.2 Å². The van der Waals surface area contributed by atoms with Crippen LogP contribution in [0.2, 0.25) is 0 Å². The third-order valence-corrected chi connectivity index (χ3v) is 2.83. The lowest BCUT2D eigenvalue weighted by Gasteiger charge is -2.12. The second kappa shape index (κ2) is 6.70. The summed E-state index contributed by atoms with van der Waals surface area (Å²) in [4.78, 5) is 0. The Kier molecular flexibility index (Phi) is 4.71. The highest BCUT2D eigenvalue weighted by atomic mass is 16.5. The van der Waals surface area contributed by atoms with Crippen LogP contribution >= 0.6 is 0 Å². The average Bonchev–Trinajstić information content (AvgIpc) is 2.46. The number of hydrogen-bond acceptors (Lipinski definition) is 4. The van der Waals surface area contributed by atoms with Crippen LogP contribution in [0.25, 0.3) is 0 Å². The Morgan fingerprint density at radius 1 is 0.900 bits per heavy atom. The van der Waals surface area contributed by atoms with Crippen molar-refractivity contribution in [3.05, 3.63) is 48.0 Å². The van der Waals surface area contributed by atoms with Crippen molar-refractivity contribution in [2.45, 2.75) is 6.92 Å². The maximum atomic E-state index is 5.87. The summed E-state index contributed by atoms with van der Waals surface area (Å²) in [5, 5.41) is 0. The van der Waals surface area contributed by atoms with Gasteiger partial charge in [0.15, 0.2) is 11.5 Å². The van der Waals surface area contributed by atoms with E-state index in [0.29, 0.717) is 36.1 Å². The van der Waals surface area contributed by atoms with Gasteiger partial charge in [0.1, 0.15) is 19.0 Å². The van der Waals surface area contributed by atoms with Crippen LogP contribution in [0.3, 0.4) is 0 Å². The number of benzene rings is 2. The summed E-state index contributed by atoms with van der Waals surface area (Å²) in [6, 6.07) is 13.2. The van der Waals surface area contributed by atoms with Crippen LogP contribution in [-0.2, 0) is 0 Å². The first-order valence-electron chi connectivity index (χ1n) is 6.45. The number of ether oxygens (including phenoxy) is 3. The van der Waals surface area contributed by atoms with Gasteiger partial charge in [0.25, 0.3) is 0 Å². The van der Waals surface area contributed by atoms with Crippen LogP contribution in [0.1, 0.15) is 5.56 Å². The molecule has 0 atom stereocenters. The standard InChI is InChI=1S/C16H19NO3/c1-12-7-8-14(13(17)11-12)19-9-10-20-16-6-4-3-5-15(16)18-2/h3-8,11H,9-10,17H2,1-2H3. The molecule has 0 unspecified atom stereocenters. The molecular formula is C16H19NO3. The summed E-state index contributed by atoms with van der Waals surface area (Å²) < 4.78 is 16.4. The third-order valence-electron chi connectivity index (χ3n) is 2.83. The summed E-state index contributed by atoms with van der Waals surface area (Å²) in [5.41, 5.74) is 7.63. The second-order valence-electron chi connectivity index (χ2n) is 4.39. The van der Waals surface area contributed by atoms with Gasteiger partial charge in [-0.15, -0.1) is 0 Å². The van der Waals surface area contributed by atoms with E-state index < -0.39 is 0 Å². The van der Waals surface area contributed by atoms with Gasteiger partial charge in [-0.2, -0.15) is 0 Å². The fourth-order valence-corrected chi connectivity index (χ4v) is 1.84. The Hall–Kier alpha value is -2.36. The van der Waals surface area contributed by atoms with Crippen LogP contribution in [0, 0.1) is 6.92 Å². The van der Waals surface area contributed by atoms with Gasteiger partial charge >= 0.3 is 0 Å². The second-order valence-corrected chi connectivity index (χ2v) is 4.39. The topological polar surface area (TPSA) is 53.7 Å². The summed E-state index contributed by atoms with van der Waals surface area (Å²) in [7, 11) is 1.62. The first-order chi connectivity index (χ1) is 9.70. The maximum absolute atomic E-state index is 5.87. The zero-order valence-electron chi connectivity index (χ0n) is 11.8. The van der Waals surface area contributed by atoms with E-state index in [-0.39, 0.29) is 0 Å². The lowest BCUT2D eigenvalue weighted by atomic mass is 10.2. The molecule has 2 aromatic rings. The van der Waals surface area contributed by atoms with E-state index in [2.05, 4.69) is 0 Å². The molecule has 0 fully saturated rings. The van der Waals surface area contributed by atoms with Crippen molar-refractivity contribution in [2.24, 2.45) is 0 Å². The largest absolute Gasteiger partial charge is 0.493 e. The predicted molar refractivity (Wildman–Crippen MR) is 79.6 cm³/mol. The molecule has 4 heteroatoms. The fourth-order valence-electron chi connectivity index (χ4n) is 1.84. The zero-order valence-corrected chi connectivity index (χ0v) is 11.8. The lowest BCUT2D eigenvalue weighted by molar-refractivity contribution is 0.212. The lowest BCUT2D eigenvalue weighted by Crippen LogP contribution is -2.10. The van der Waals surface area contributed by atoms with Crippen LogP contribution in [-0.4, -0.2) is 20.3 Å².